The average molecular weight is 311 g/mol. The number of hydrogen-bond donors (Lipinski definition) is 0. The van der Waals surface area contributed by atoms with Gasteiger partial charge in [0.05, 0.1) is 0 Å². The fraction of sp³-hybridized carbons (Fsp3) is 0.625. The highest BCUT2D eigenvalue weighted by Crippen LogP contribution is 2.34. The van der Waals surface area contributed by atoms with E-state index in [4.69, 9.17) is 4.18 Å². The minimum Gasteiger partial charge on any atom is -0.250 e. The normalized spacial score (nSPS) is 19.3. The summed E-state index contributed by atoms with van der Waals surface area (Å²) in [6, 6.07) is 7.73. The molecule has 5 heteroatoms. The van der Waals surface area contributed by atoms with Crippen LogP contribution in [0, 0.1) is 0 Å². The van der Waals surface area contributed by atoms with Gasteiger partial charge in [0.1, 0.15) is 6.10 Å². The van der Waals surface area contributed by atoms with Crippen molar-refractivity contribution in [3.8, 4) is 0 Å². The van der Waals surface area contributed by atoms with Crippen molar-refractivity contribution in [1.82, 2.24) is 4.31 Å². The van der Waals surface area contributed by atoms with Gasteiger partial charge in [-0.1, -0.05) is 24.3 Å². The number of benzene rings is 1. The van der Waals surface area contributed by atoms with Gasteiger partial charge in [-0.25, -0.2) is 4.18 Å². The van der Waals surface area contributed by atoms with E-state index in [1.807, 2.05) is 45.9 Å². The van der Waals surface area contributed by atoms with Crippen LogP contribution in [0.1, 0.15) is 57.8 Å². The summed E-state index contributed by atoms with van der Waals surface area (Å²) in [5.41, 5.74) is 2.21. The van der Waals surface area contributed by atoms with Crippen molar-refractivity contribution in [3.05, 3.63) is 35.4 Å². The highest BCUT2D eigenvalue weighted by Gasteiger charge is 2.33. The van der Waals surface area contributed by atoms with Crippen molar-refractivity contribution < 1.29 is 12.6 Å². The van der Waals surface area contributed by atoms with Crippen LogP contribution in [-0.2, 0) is 20.9 Å². The molecule has 0 spiro atoms. The van der Waals surface area contributed by atoms with E-state index in [9.17, 15) is 8.42 Å². The number of rotatable bonds is 5. The molecule has 0 bridgehead atoms. The predicted octanol–water partition coefficient (Wildman–Crippen LogP) is 3.44. The van der Waals surface area contributed by atoms with Crippen LogP contribution in [0.5, 0.6) is 0 Å². The molecule has 4 nitrogen and oxygen atoms in total. The lowest BCUT2D eigenvalue weighted by atomic mass is 9.90. The molecule has 21 heavy (non-hydrogen) atoms. The van der Waals surface area contributed by atoms with Gasteiger partial charge in [0.25, 0.3) is 0 Å². The third-order valence-corrected chi connectivity index (χ3v) is 5.66. The summed E-state index contributed by atoms with van der Waals surface area (Å²) in [4.78, 5) is 0. The standard InChI is InChI=1S/C16H25NO3S/c1-12(2)17(13(3)4)21(18,19)20-16-11-7-9-14-8-5-6-10-15(14)16/h5-6,8,10,12-13,16H,7,9,11H2,1-4H3. The lowest BCUT2D eigenvalue weighted by Gasteiger charge is -2.32. The Morgan fingerprint density at radius 3 is 2.38 bits per heavy atom. The van der Waals surface area contributed by atoms with Gasteiger partial charge in [-0.15, -0.1) is 0 Å². The van der Waals surface area contributed by atoms with Crippen LogP contribution in [0.15, 0.2) is 24.3 Å². The molecule has 0 saturated heterocycles. The third kappa shape index (κ3) is 3.65. The van der Waals surface area contributed by atoms with E-state index < -0.39 is 10.3 Å². The highest BCUT2D eigenvalue weighted by molar-refractivity contribution is 7.84. The van der Waals surface area contributed by atoms with Gasteiger partial charge in [0, 0.05) is 12.1 Å². The Morgan fingerprint density at radius 2 is 1.76 bits per heavy atom. The van der Waals surface area contributed by atoms with Crippen molar-refractivity contribution in [1.29, 1.82) is 0 Å². The molecule has 0 aromatic heterocycles. The van der Waals surface area contributed by atoms with Crippen molar-refractivity contribution in [2.45, 2.75) is 65.1 Å². The monoisotopic (exact) mass is 311 g/mol. The zero-order chi connectivity index (χ0) is 15.6. The third-order valence-electron chi connectivity index (χ3n) is 3.83. The Balaban J connectivity index is 2.26. The Labute approximate surface area is 128 Å². The molecule has 0 heterocycles. The lowest BCUT2D eigenvalue weighted by Crippen LogP contribution is -2.43. The minimum absolute atomic E-state index is 0.117. The Hall–Kier alpha value is -0.910. The highest BCUT2D eigenvalue weighted by atomic mass is 32.2. The Kier molecular flexibility index (Phi) is 5.07. The van der Waals surface area contributed by atoms with Crippen molar-refractivity contribution in [2.75, 3.05) is 0 Å². The van der Waals surface area contributed by atoms with Crippen molar-refractivity contribution >= 4 is 10.3 Å². The quantitative estimate of drug-likeness (QED) is 0.837. The van der Waals surface area contributed by atoms with Crippen LogP contribution in [0.3, 0.4) is 0 Å². The Morgan fingerprint density at radius 1 is 1.14 bits per heavy atom. The topological polar surface area (TPSA) is 46.6 Å². The van der Waals surface area contributed by atoms with Crippen molar-refractivity contribution in [3.63, 3.8) is 0 Å². The van der Waals surface area contributed by atoms with E-state index in [0.29, 0.717) is 0 Å². The number of fused-ring (bicyclic) bond motifs is 1. The van der Waals surface area contributed by atoms with Gasteiger partial charge in [-0.05, 0) is 58.1 Å². The smallest absolute Gasteiger partial charge is 0.250 e. The van der Waals surface area contributed by atoms with E-state index >= 15 is 0 Å². The van der Waals surface area contributed by atoms with E-state index in [0.717, 1.165) is 24.8 Å². The summed E-state index contributed by atoms with van der Waals surface area (Å²) in [5.74, 6) is 0. The van der Waals surface area contributed by atoms with Gasteiger partial charge < -0.3 is 0 Å². The molecular formula is C16H25NO3S. The second-order valence-electron chi connectivity index (χ2n) is 6.15. The van der Waals surface area contributed by atoms with Crippen LogP contribution in [-0.4, -0.2) is 24.8 Å². The summed E-state index contributed by atoms with van der Waals surface area (Å²) in [7, 11) is -3.73. The molecule has 1 aliphatic carbocycles. The van der Waals surface area contributed by atoms with Crippen LogP contribution in [0.2, 0.25) is 0 Å². The number of hydrogen-bond acceptors (Lipinski definition) is 3. The first-order valence-electron chi connectivity index (χ1n) is 7.62. The first-order chi connectivity index (χ1) is 9.83. The minimum atomic E-state index is -3.73. The molecule has 0 amide bonds. The first kappa shape index (κ1) is 16.5. The first-order valence-corrected chi connectivity index (χ1v) is 8.99. The molecule has 2 rings (SSSR count). The fourth-order valence-electron chi connectivity index (χ4n) is 3.12. The second-order valence-corrected chi connectivity index (χ2v) is 7.62. The van der Waals surface area contributed by atoms with Crippen LogP contribution < -0.4 is 0 Å². The molecular weight excluding hydrogens is 286 g/mol. The molecule has 1 unspecified atom stereocenters. The van der Waals surface area contributed by atoms with Gasteiger partial charge in [0.2, 0.25) is 0 Å². The molecule has 0 saturated carbocycles. The molecule has 0 N–H and O–H groups in total. The summed E-state index contributed by atoms with van der Waals surface area (Å²) in [6.45, 7) is 7.48. The average Bonchev–Trinajstić information content (AvgIpc) is 2.37. The lowest BCUT2D eigenvalue weighted by molar-refractivity contribution is 0.153. The molecule has 0 fully saturated rings. The zero-order valence-corrected chi connectivity index (χ0v) is 14.1. The largest absolute Gasteiger partial charge is 0.339 e. The van der Waals surface area contributed by atoms with Gasteiger partial charge in [-0.2, -0.15) is 12.7 Å². The molecule has 1 aliphatic rings. The molecule has 1 aromatic carbocycles. The molecule has 0 aliphatic heterocycles. The van der Waals surface area contributed by atoms with E-state index in [-0.39, 0.29) is 18.2 Å². The maximum atomic E-state index is 12.6. The van der Waals surface area contributed by atoms with Crippen LogP contribution in [0.25, 0.3) is 0 Å². The van der Waals surface area contributed by atoms with E-state index in [1.54, 1.807) is 0 Å². The predicted molar refractivity (Wildman–Crippen MR) is 84.2 cm³/mol. The maximum absolute atomic E-state index is 12.6. The van der Waals surface area contributed by atoms with Crippen LogP contribution in [0.4, 0.5) is 0 Å². The summed E-state index contributed by atoms with van der Waals surface area (Å²) >= 11 is 0. The van der Waals surface area contributed by atoms with E-state index in [2.05, 4.69) is 6.07 Å². The number of aryl methyl sites for hydroxylation is 1. The van der Waals surface area contributed by atoms with E-state index in [1.165, 1.54) is 9.87 Å². The zero-order valence-electron chi connectivity index (χ0n) is 13.2. The summed E-state index contributed by atoms with van der Waals surface area (Å²) < 4.78 is 32.2. The number of nitrogens with zero attached hydrogens (tertiary/aromatic N) is 1. The summed E-state index contributed by atoms with van der Waals surface area (Å²) in [6.07, 6.45) is 2.34. The second kappa shape index (κ2) is 6.46. The fourth-order valence-corrected chi connectivity index (χ4v) is 4.74. The molecule has 0 radical (unpaired) electrons. The molecule has 118 valence electrons. The Bertz CT molecular complexity index is 573. The summed E-state index contributed by atoms with van der Waals surface area (Å²) in [5, 5.41) is 0. The van der Waals surface area contributed by atoms with Gasteiger partial charge >= 0.3 is 10.3 Å². The molecule has 1 atom stereocenters. The van der Waals surface area contributed by atoms with Gasteiger partial charge in [-0.3, -0.25) is 0 Å². The van der Waals surface area contributed by atoms with Gasteiger partial charge in [0.15, 0.2) is 0 Å². The maximum Gasteiger partial charge on any atom is 0.339 e. The molecule has 1 aromatic rings. The van der Waals surface area contributed by atoms with Crippen LogP contribution >= 0.6 is 0 Å². The van der Waals surface area contributed by atoms with Crippen molar-refractivity contribution in [2.24, 2.45) is 0 Å². The SMILES string of the molecule is CC(C)N(C(C)C)S(=O)(=O)OC1CCCc2ccccc21.